The SMILES string of the molecule is CCc1ncc(S(=O)(=O)N2CC[C@H](N)C2)[nH]1. The van der Waals surface area contributed by atoms with Crippen molar-refractivity contribution in [1.82, 2.24) is 14.3 Å². The van der Waals surface area contributed by atoms with Crippen LogP contribution in [0, 0.1) is 0 Å². The lowest BCUT2D eigenvalue weighted by molar-refractivity contribution is 0.470. The number of nitrogens with one attached hydrogen (secondary N) is 1. The maximum Gasteiger partial charge on any atom is 0.260 e. The maximum atomic E-state index is 12.1. The van der Waals surface area contributed by atoms with Crippen LogP contribution in [0.15, 0.2) is 11.2 Å². The van der Waals surface area contributed by atoms with E-state index in [0.717, 1.165) is 0 Å². The van der Waals surface area contributed by atoms with Gasteiger partial charge in [-0.05, 0) is 6.42 Å². The van der Waals surface area contributed by atoms with Gasteiger partial charge >= 0.3 is 0 Å². The lowest BCUT2D eigenvalue weighted by Crippen LogP contribution is -2.32. The van der Waals surface area contributed by atoms with E-state index in [1.54, 1.807) is 0 Å². The molecule has 1 fully saturated rings. The van der Waals surface area contributed by atoms with Crippen molar-refractivity contribution in [2.24, 2.45) is 5.73 Å². The number of H-pyrrole nitrogens is 1. The van der Waals surface area contributed by atoms with E-state index < -0.39 is 10.0 Å². The van der Waals surface area contributed by atoms with E-state index in [9.17, 15) is 8.42 Å². The van der Waals surface area contributed by atoms with Crippen molar-refractivity contribution < 1.29 is 8.42 Å². The number of aryl methyl sites for hydroxylation is 1. The third-order valence-electron chi connectivity index (χ3n) is 2.75. The first-order valence-electron chi connectivity index (χ1n) is 5.33. The molecule has 0 radical (unpaired) electrons. The molecule has 2 rings (SSSR count). The standard InChI is InChI=1S/C9H16N4O2S/c1-2-8-11-5-9(12-8)16(14,15)13-4-3-7(10)6-13/h5,7H,2-4,6,10H2,1H3,(H,11,12)/t7-/m0/s1. The van der Waals surface area contributed by atoms with Crippen LogP contribution in [0.4, 0.5) is 0 Å². The van der Waals surface area contributed by atoms with Gasteiger partial charge in [0, 0.05) is 25.6 Å². The van der Waals surface area contributed by atoms with Crippen molar-refractivity contribution >= 4 is 10.0 Å². The predicted molar refractivity (Wildman–Crippen MR) is 59.3 cm³/mol. The van der Waals surface area contributed by atoms with Crippen molar-refractivity contribution in [3.8, 4) is 0 Å². The number of nitrogens with zero attached hydrogens (tertiary/aromatic N) is 2. The summed E-state index contributed by atoms with van der Waals surface area (Å²) >= 11 is 0. The van der Waals surface area contributed by atoms with E-state index in [4.69, 9.17) is 5.73 Å². The Balaban J connectivity index is 2.25. The van der Waals surface area contributed by atoms with Crippen LogP contribution in [0.25, 0.3) is 0 Å². The van der Waals surface area contributed by atoms with Crippen molar-refractivity contribution in [1.29, 1.82) is 0 Å². The normalized spacial score (nSPS) is 22.8. The third kappa shape index (κ3) is 1.98. The van der Waals surface area contributed by atoms with E-state index >= 15 is 0 Å². The summed E-state index contributed by atoms with van der Waals surface area (Å²) in [7, 11) is -3.43. The third-order valence-corrected chi connectivity index (χ3v) is 4.52. The van der Waals surface area contributed by atoms with Crippen LogP contribution in [0.5, 0.6) is 0 Å². The van der Waals surface area contributed by atoms with Crippen LogP contribution in [0.1, 0.15) is 19.2 Å². The number of hydrogen-bond acceptors (Lipinski definition) is 4. The molecule has 16 heavy (non-hydrogen) atoms. The van der Waals surface area contributed by atoms with Gasteiger partial charge in [0.2, 0.25) is 0 Å². The van der Waals surface area contributed by atoms with Crippen LogP contribution < -0.4 is 5.73 Å². The number of aromatic nitrogens is 2. The van der Waals surface area contributed by atoms with Gasteiger partial charge in [-0.3, -0.25) is 0 Å². The summed E-state index contributed by atoms with van der Waals surface area (Å²) in [5, 5.41) is 0.165. The van der Waals surface area contributed by atoms with Gasteiger partial charge in [0.05, 0.1) is 6.20 Å². The lowest BCUT2D eigenvalue weighted by atomic mass is 10.3. The second-order valence-electron chi connectivity index (χ2n) is 3.96. The number of rotatable bonds is 3. The molecule has 1 saturated heterocycles. The molecule has 1 atom stereocenters. The average molecular weight is 244 g/mol. The Hall–Kier alpha value is -0.920. The minimum Gasteiger partial charge on any atom is -0.332 e. The molecule has 6 nitrogen and oxygen atoms in total. The van der Waals surface area contributed by atoms with Crippen molar-refractivity contribution in [2.75, 3.05) is 13.1 Å². The van der Waals surface area contributed by atoms with Crippen LogP contribution >= 0.6 is 0 Å². The summed E-state index contributed by atoms with van der Waals surface area (Å²) in [6.45, 7) is 2.80. The van der Waals surface area contributed by atoms with Crippen molar-refractivity contribution in [2.45, 2.75) is 30.8 Å². The first-order chi connectivity index (χ1) is 7.54. The Morgan fingerprint density at radius 1 is 1.69 bits per heavy atom. The Morgan fingerprint density at radius 2 is 2.44 bits per heavy atom. The minimum absolute atomic E-state index is 0.0525. The predicted octanol–water partition coefficient (Wildman–Crippen LogP) is -0.306. The van der Waals surface area contributed by atoms with Crippen molar-refractivity contribution in [3.05, 3.63) is 12.0 Å². The van der Waals surface area contributed by atoms with Crippen LogP contribution in [0.3, 0.4) is 0 Å². The summed E-state index contributed by atoms with van der Waals surface area (Å²) in [4.78, 5) is 6.81. The number of hydrogen-bond donors (Lipinski definition) is 2. The van der Waals surface area contributed by atoms with E-state index in [-0.39, 0.29) is 11.1 Å². The first kappa shape index (κ1) is 11.6. The minimum atomic E-state index is -3.43. The second-order valence-corrected chi connectivity index (χ2v) is 5.87. The number of sulfonamides is 1. The Labute approximate surface area is 94.9 Å². The summed E-state index contributed by atoms with van der Waals surface area (Å²) in [6.07, 6.45) is 2.78. The van der Waals surface area contributed by atoms with Gasteiger partial charge in [-0.1, -0.05) is 6.92 Å². The zero-order chi connectivity index (χ0) is 11.8. The summed E-state index contributed by atoms with van der Waals surface area (Å²) in [5.74, 6) is 0.682. The molecule has 0 aliphatic carbocycles. The molecule has 0 bridgehead atoms. The van der Waals surface area contributed by atoms with Gasteiger partial charge in [-0.15, -0.1) is 0 Å². The van der Waals surface area contributed by atoms with E-state index in [1.165, 1.54) is 10.5 Å². The summed E-state index contributed by atoms with van der Waals surface area (Å²) < 4.78 is 25.6. The van der Waals surface area contributed by atoms with Gasteiger partial charge in [-0.2, -0.15) is 4.31 Å². The zero-order valence-corrected chi connectivity index (χ0v) is 10.00. The van der Waals surface area contributed by atoms with Gasteiger partial charge in [0.25, 0.3) is 10.0 Å². The lowest BCUT2D eigenvalue weighted by Gasteiger charge is -2.13. The summed E-state index contributed by atoms with van der Waals surface area (Å²) in [6, 6.07) is -0.0525. The molecular formula is C9H16N4O2S. The number of imidazole rings is 1. The van der Waals surface area contributed by atoms with Gasteiger partial charge < -0.3 is 10.7 Å². The van der Waals surface area contributed by atoms with Crippen LogP contribution in [-0.4, -0.2) is 41.8 Å². The molecule has 0 amide bonds. The van der Waals surface area contributed by atoms with E-state index in [2.05, 4.69) is 9.97 Å². The molecule has 0 unspecified atom stereocenters. The molecule has 7 heteroatoms. The number of aromatic amines is 1. The highest BCUT2D eigenvalue weighted by Crippen LogP contribution is 2.18. The molecule has 90 valence electrons. The molecule has 0 aromatic carbocycles. The number of nitrogens with two attached hydrogens (primary N) is 1. The highest BCUT2D eigenvalue weighted by atomic mass is 32.2. The molecular weight excluding hydrogens is 228 g/mol. The fourth-order valence-electron chi connectivity index (χ4n) is 1.77. The maximum absolute atomic E-state index is 12.1. The molecule has 2 heterocycles. The molecule has 1 aromatic heterocycles. The molecule has 0 spiro atoms. The van der Waals surface area contributed by atoms with Crippen molar-refractivity contribution in [3.63, 3.8) is 0 Å². The van der Waals surface area contributed by atoms with Crippen LogP contribution in [-0.2, 0) is 16.4 Å². The highest BCUT2D eigenvalue weighted by molar-refractivity contribution is 7.89. The van der Waals surface area contributed by atoms with Crippen LogP contribution in [0.2, 0.25) is 0 Å². The monoisotopic (exact) mass is 244 g/mol. The summed E-state index contributed by atoms with van der Waals surface area (Å²) in [5.41, 5.74) is 5.70. The smallest absolute Gasteiger partial charge is 0.260 e. The molecule has 1 aliphatic heterocycles. The Kier molecular flexibility index (Phi) is 3.00. The Bertz CT molecular complexity index is 468. The fraction of sp³-hybridized carbons (Fsp3) is 0.667. The topological polar surface area (TPSA) is 92.1 Å². The second kappa shape index (κ2) is 4.15. The van der Waals surface area contributed by atoms with Gasteiger partial charge in [0.15, 0.2) is 5.03 Å². The highest BCUT2D eigenvalue weighted by Gasteiger charge is 2.32. The molecule has 1 aliphatic rings. The average Bonchev–Trinajstić information content (AvgIpc) is 2.85. The first-order valence-corrected chi connectivity index (χ1v) is 6.77. The van der Waals surface area contributed by atoms with Gasteiger partial charge in [0.1, 0.15) is 5.82 Å². The zero-order valence-electron chi connectivity index (χ0n) is 9.18. The Morgan fingerprint density at radius 3 is 2.94 bits per heavy atom. The fourth-order valence-corrected chi connectivity index (χ4v) is 3.21. The molecule has 3 N–H and O–H groups in total. The van der Waals surface area contributed by atoms with E-state index in [0.29, 0.717) is 31.8 Å². The molecule has 0 saturated carbocycles. The quantitative estimate of drug-likeness (QED) is 0.763. The molecule has 1 aromatic rings. The van der Waals surface area contributed by atoms with E-state index in [1.807, 2.05) is 6.92 Å². The van der Waals surface area contributed by atoms with Gasteiger partial charge in [-0.25, -0.2) is 13.4 Å². The largest absolute Gasteiger partial charge is 0.332 e.